The van der Waals surface area contributed by atoms with E-state index in [1.165, 1.54) is 12.1 Å². The number of aliphatic carboxylic acids is 1. The van der Waals surface area contributed by atoms with Gasteiger partial charge in [-0.2, -0.15) is 8.78 Å². The summed E-state index contributed by atoms with van der Waals surface area (Å²) >= 11 is 0. The van der Waals surface area contributed by atoms with Crippen LogP contribution in [0.2, 0.25) is 0 Å². The number of benzene rings is 1. The van der Waals surface area contributed by atoms with Gasteiger partial charge in [0.15, 0.2) is 0 Å². The maximum atomic E-state index is 13.8. The van der Waals surface area contributed by atoms with Gasteiger partial charge >= 0.3 is 12.6 Å². The fourth-order valence-electron chi connectivity index (χ4n) is 2.89. The molecule has 0 aliphatic heterocycles. The van der Waals surface area contributed by atoms with E-state index in [1.54, 1.807) is 0 Å². The van der Waals surface area contributed by atoms with Gasteiger partial charge in [0.1, 0.15) is 11.6 Å². The van der Waals surface area contributed by atoms with Crippen molar-refractivity contribution in [3.63, 3.8) is 0 Å². The number of carboxylic acids is 1. The molecule has 132 valence electrons. The van der Waals surface area contributed by atoms with Crippen LogP contribution in [-0.2, 0) is 16.1 Å². The molecule has 1 aliphatic carbocycles. The normalized spacial score (nSPS) is 20.7. The standard InChI is InChI=1S/C16H18F3NO4/c17-12-5-2-6-13(24-16(18)19)11(12)8-20-14(21)9-3-1-4-10(7-9)15(22)23/h2,5-6,9-10,16H,1,3-4,7-8H2,(H,20,21)(H,22,23). The molecule has 1 amide bonds. The van der Waals surface area contributed by atoms with Crippen LogP contribution in [0.1, 0.15) is 31.2 Å². The second-order valence-electron chi connectivity index (χ2n) is 5.71. The number of carboxylic acid groups (broad SMARTS) is 1. The predicted octanol–water partition coefficient (Wildman–Crippen LogP) is 2.93. The largest absolute Gasteiger partial charge is 0.481 e. The molecule has 1 aromatic rings. The lowest BCUT2D eigenvalue weighted by Crippen LogP contribution is -2.35. The first-order valence-corrected chi connectivity index (χ1v) is 7.61. The highest BCUT2D eigenvalue weighted by atomic mass is 19.3. The van der Waals surface area contributed by atoms with Gasteiger partial charge in [-0.15, -0.1) is 0 Å². The summed E-state index contributed by atoms with van der Waals surface area (Å²) in [7, 11) is 0. The Bertz CT molecular complexity index is 609. The lowest BCUT2D eigenvalue weighted by molar-refractivity contribution is -0.144. The van der Waals surface area contributed by atoms with Gasteiger partial charge in [-0.3, -0.25) is 9.59 Å². The summed E-state index contributed by atoms with van der Waals surface area (Å²) in [4.78, 5) is 23.2. The summed E-state index contributed by atoms with van der Waals surface area (Å²) in [6, 6.07) is 3.51. The van der Waals surface area contributed by atoms with Crippen molar-refractivity contribution in [2.24, 2.45) is 11.8 Å². The van der Waals surface area contributed by atoms with E-state index in [0.29, 0.717) is 19.3 Å². The molecule has 8 heteroatoms. The Hall–Kier alpha value is -2.25. The highest BCUT2D eigenvalue weighted by molar-refractivity contribution is 5.80. The molecule has 5 nitrogen and oxygen atoms in total. The fourth-order valence-corrected chi connectivity index (χ4v) is 2.89. The number of carbonyl (C=O) groups excluding carboxylic acids is 1. The van der Waals surface area contributed by atoms with Gasteiger partial charge in [-0.25, -0.2) is 4.39 Å². The Labute approximate surface area is 136 Å². The summed E-state index contributed by atoms with van der Waals surface area (Å²) in [5, 5.41) is 11.5. The number of nitrogens with one attached hydrogen (secondary N) is 1. The zero-order valence-corrected chi connectivity index (χ0v) is 12.8. The molecule has 2 N–H and O–H groups in total. The predicted molar refractivity (Wildman–Crippen MR) is 78.0 cm³/mol. The van der Waals surface area contributed by atoms with Crippen LogP contribution in [0.25, 0.3) is 0 Å². The van der Waals surface area contributed by atoms with E-state index < -0.39 is 36.1 Å². The Balaban J connectivity index is 2.00. The molecule has 2 unspecified atom stereocenters. The molecule has 0 spiro atoms. The van der Waals surface area contributed by atoms with Crippen molar-refractivity contribution in [3.05, 3.63) is 29.6 Å². The molecule has 2 atom stereocenters. The van der Waals surface area contributed by atoms with Crippen LogP contribution in [0.3, 0.4) is 0 Å². The van der Waals surface area contributed by atoms with Crippen LogP contribution in [0.15, 0.2) is 18.2 Å². The minimum absolute atomic E-state index is 0.170. The first-order valence-electron chi connectivity index (χ1n) is 7.61. The lowest BCUT2D eigenvalue weighted by Gasteiger charge is -2.25. The van der Waals surface area contributed by atoms with E-state index in [9.17, 15) is 22.8 Å². The zero-order valence-electron chi connectivity index (χ0n) is 12.8. The molecule has 2 rings (SSSR count). The van der Waals surface area contributed by atoms with E-state index in [2.05, 4.69) is 10.1 Å². The van der Waals surface area contributed by atoms with Gasteiger partial charge in [0.2, 0.25) is 5.91 Å². The Morgan fingerprint density at radius 2 is 2.00 bits per heavy atom. The quantitative estimate of drug-likeness (QED) is 0.831. The average Bonchev–Trinajstić information content (AvgIpc) is 2.53. The van der Waals surface area contributed by atoms with Crippen LogP contribution in [0.4, 0.5) is 13.2 Å². The Kier molecular flexibility index (Phi) is 6.05. The van der Waals surface area contributed by atoms with Gasteiger partial charge in [-0.05, 0) is 31.4 Å². The zero-order chi connectivity index (χ0) is 17.7. The highest BCUT2D eigenvalue weighted by Crippen LogP contribution is 2.30. The third-order valence-corrected chi connectivity index (χ3v) is 4.13. The van der Waals surface area contributed by atoms with E-state index >= 15 is 0 Å². The minimum Gasteiger partial charge on any atom is -0.481 e. The number of ether oxygens (including phenoxy) is 1. The van der Waals surface area contributed by atoms with Gasteiger partial charge in [-0.1, -0.05) is 12.5 Å². The molecule has 0 saturated heterocycles. The second kappa shape index (κ2) is 8.03. The van der Waals surface area contributed by atoms with Crippen LogP contribution in [0.5, 0.6) is 5.75 Å². The minimum atomic E-state index is -3.10. The van der Waals surface area contributed by atoms with Gasteiger partial charge < -0.3 is 15.2 Å². The maximum absolute atomic E-state index is 13.8. The summed E-state index contributed by atoms with van der Waals surface area (Å²) < 4.78 is 42.8. The molecule has 1 fully saturated rings. The Morgan fingerprint density at radius 1 is 1.29 bits per heavy atom. The highest BCUT2D eigenvalue weighted by Gasteiger charge is 2.31. The third-order valence-electron chi connectivity index (χ3n) is 4.13. The van der Waals surface area contributed by atoms with Gasteiger partial charge in [0, 0.05) is 18.0 Å². The molecule has 0 radical (unpaired) electrons. The van der Waals surface area contributed by atoms with Crippen molar-refractivity contribution in [1.82, 2.24) is 5.32 Å². The van der Waals surface area contributed by atoms with Crippen LogP contribution in [-0.4, -0.2) is 23.6 Å². The van der Waals surface area contributed by atoms with Crippen molar-refractivity contribution in [3.8, 4) is 5.75 Å². The van der Waals surface area contributed by atoms with Crippen molar-refractivity contribution in [2.45, 2.75) is 38.8 Å². The smallest absolute Gasteiger partial charge is 0.387 e. The molecule has 0 aromatic heterocycles. The molecule has 0 bridgehead atoms. The summed E-state index contributed by atoms with van der Waals surface area (Å²) in [6.45, 7) is -3.40. The lowest BCUT2D eigenvalue weighted by atomic mass is 9.81. The summed E-state index contributed by atoms with van der Waals surface area (Å²) in [5.74, 6) is -3.49. The number of carbonyl (C=O) groups is 2. The topological polar surface area (TPSA) is 75.6 Å². The number of rotatable bonds is 6. The number of hydrogen-bond donors (Lipinski definition) is 2. The first-order chi connectivity index (χ1) is 11.4. The first kappa shape index (κ1) is 18.1. The van der Waals surface area contributed by atoms with E-state index in [0.717, 1.165) is 6.07 Å². The van der Waals surface area contributed by atoms with E-state index in [-0.39, 0.29) is 24.3 Å². The fraction of sp³-hybridized carbons (Fsp3) is 0.500. The maximum Gasteiger partial charge on any atom is 0.387 e. The Morgan fingerprint density at radius 3 is 2.67 bits per heavy atom. The van der Waals surface area contributed by atoms with E-state index in [4.69, 9.17) is 5.11 Å². The number of halogens is 3. The SMILES string of the molecule is O=C(O)C1CCCC(C(=O)NCc2c(F)cccc2OC(F)F)C1. The third kappa shape index (κ3) is 4.62. The van der Waals surface area contributed by atoms with Crippen molar-refractivity contribution in [1.29, 1.82) is 0 Å². The van der Waals surface area contributed by atoms with E-state index in [1.807, 2.05) is 0 Å². The van der Waals surface area contributed by atoms with Gasteiger partial charge in [0.05, 0.1) is 5.92 Å². The van der Waals surface area contributed by atoms with Crippen molar-refractivity contribution in [2.75, 3.05) is 0 Å². The molecule has 1 saturated carbocycles. The van der Waals surface area contributed by atoms with Crippen molar-refractivity contribution < 1.29 is 32.6 Å². The summed E-state index contributed by atoms with van der Waals surface area (Å²) in [6.07, 6.45) is 1.92. The molecule has 24 heavy (non-hydrogen) atoms. The molecule has 1 aromatic carbocycles. The summed E-state index contributed by atoms with van der Waals surface area (Å²) in [5.41, 5.74) is -0.170. The monoisotopic (exact) mass is 345 g/mol. The number of amides is 1. The number of alkyl halides is 2. The molecule has 0 heterocycles. The van der Waals surface area contributed by atoms with Crippen LogP contribution in [0, 0.1) is 17.7 Å². The molecular weight excluding hydrogens is 327 g/mol. The van der Waals surface area contributed by atoms with Crippen LogP contribution < -0.4 is 10.1 Å². The number of hydrogen-bond acceptors (Lipinski definition) is 3. The average molecular weight is 345 g/mol. The second-order valence-corrected chi connectivity index (χ2v) is 5.71. The van der Waals surface area contributed by atoms with Crippen LogP contribution >= 0.6 is 0 Å². The molecular formula is C16H18F3NO4. The van der Waals surface area contributed by atoms with Gasteiger partial charge in [0.25, 0.3) is 0 Å². The van der Waals surface area contributed by atoms with Crippen molar-refractivity contribution >= 4 is 11.9 Å². The molecule has 1 aliphatic rings.